The highest BCUT2D eigenvalue weighted by atomic mass is 32.2. The summed E-state index contributed by atoms with van der Waals surface area (Å²) in [6.07, 6.45) is 3.47. The van der Waals surface area contributed by atoms with E-state index in [0.717, 1.165) is 31.2 Å². The molecule has 38 heavy (non-hydrogen) atoms. The Morgan fingerprint density at radius 1 is 0.947 bits per heavy atom. The number of sulfone groups is 1. The van der Waals surface area contributed by atoms with Crippen LogP contribution in [-0.4, -0.2) is 86.1 Å². The van der Waals surface area contributed by atoms with Crippen LogP contribution in [0.4, 0.5) is 0 Å². The number of amides is 1. The van der Waals surface area contributed by atoms with E-state index in [9.17, 15) is 26.7 Å². The van der Waals surface area contributed by atoms with Crippen molar-refractivity contribution in [1.29, 1.82) is 0 Å². The standard InChI is InChI=1S/C28H38N2O6S2/c31-26(20-29(17-15-23-9-3-1-4-10-23)28(32)25-13-5-2-6-14-25)21-30(19-24-11-7-8-12-24)38(35,36)27-16-18-37(33,34)22-27/h1-6,9-10,13-14,24,26-27,31H,7-8,11-12,15-22H2/t26-,27?/m0/s1. The molecule has 1 saturated carbocycles. The lowest BCUT2D eigenvalue weighted by Gasteiger charge is -2.31. The second kappa shape index (κ2) is 12.7. The summed E-state index contributed by atoms with van der Waals surface area (Å²) in [7, 11) is -7.31. The van der Waals surface area contributed by atoms with Crippen molar-refractivity contribution in [3.8, 4) is 0 Å². The minimum Gasteiger partial charge on any atom is -0.390 e. The van der Waals surface area contributed by atoms with E-state index >= 15 is 0 Å². The molecule has 10 heteroatoms. The fourth-order valence-electron chi connectivity index (χ4n) is 5.46. The van der Waals surface area contributed by atoms with Crippen LogP contribution in [0.15, 0.2) is 60.7 Å². The number of aliphatic hydroxyl groups excluding tert-OH is 1. The number of rotatable bonds is 12. The Morgan fingerprint density at radius 3 is 2.18 bits per heavy atom. The van der Waals surface area contributed by atoms with Crippen LogP contribution in [-0.2, 0) is 26.3 Å². The van der Waals surface area contributed by atoms with E-state index in [1.807, 2.05) is 36.4 Å². The molecule has 1 amide bonds. The monoisotopic (exact) mass is 562 g/mol. The van der Waals surface area contributed by atoms with Crippen LogP contribution in [0.25, 0.3) is 0 Å². The first-order valence-corrected chi connectivity index (χ1v) is 16.7. The number of hydrogen-bond donors (Lipinski definition) is 1. The van der Waals surface area contributed by atoms with Gasteiger partial charge in [0.15, 0.2) is 9.84 Å². The summed E-state index contributed by atoms with van der Waals surface area (Å²) < 4.78 is 52.5. The number of sulfonamides is 1. The summed E-state index contributed by atoms with van der Waals surface area (Å²) in [4.78, 5) is 14.9. The Balaban J connectivity index is 1.50. The fraction of sp³-hybridized carbons (Fsp3) is 0.536. The second-order valence-corrected chi connectivity index (χ2v) is 15.0. The molecule has 0 spiro atoms. The molecular formula is C28H38N2O6S2. The van der Waals surface area contributed by atoms with E-state index in [4.69, 9.17) is 0 Å². The molecule has 2 aromatic carbocycles. The van der Waals surface area contributed by atoms with Gasteiger partial charge in [0.25, 0.3) is 5.91 Å². The van der Waals surface area contributed by atoms with Crippen molar-refractivity contribution in [2.45, 2.75) is 49.9 Å². The molecule has 1 N–H and O–H groups in total. The highest BCUT2D eigenvalue weighted by molar-refractivity contribution is 7.95. The van der Waals surface area contributed by atoms with Crippen LogP contribution in [0, 0.1) is 5.92 Å². The third-order valence-electron chi connectivity index (χ3n) is 7.58. The predicted molar refractivity (Wildman–Crippen MR) is 148 cm³/mol. The molecule has 0 aromatic heterocycles. The average molecular weight is 563 g/mol. The molecule has 2 atom stereocenters. The Kier molecular flexibility index (Phi) is 9.62. The van der Waals surface area contributed by atoms with Crippen LogP contribution < -0.4 is 0 Å². The van der Waals surface area contributed by atoms with Gasteiger partial charge < -0.3 is 10.0 Å². The summed E-state index contributed by atoms with van der Waals surface area (Å²) >= 11 is 0. The van der Waals surface area contributed by atoms with Gasteiger partial charge in [-0.25, -0.2) is 16.8 Å². The first-order chi connectivity index (χ1) is 18.1. The van der Waals surface area contributed by atoms with Crippen LogP contribution in [0.1, 0.15) is 48.0 Å². The second-order valence-electron chi connectivity index (χ2n) is 10.5. The third kappa shape index (κ3) is 7.65. The highest BCUT2D eigenvalue weighted by Crippen LogP contribution is 2.29. The van der Waals surface area contributed by atoms with Gasteiger partial charge in [-0.1, -0.05) is 61.4 Å². The smallest absolute Gasteiger partial charge is 0.253 e. The fourth-order valence-corrected chi connectivity index (χ4v) is 10.1. The SMILES string of the molecule is O=C(c1ccccc1)N(CCc1ccccc1)C[C@H](O)CN(CC1CCCC1)S(=O)(=O)C1CCS(=O)(=O)C1. The van der Waals surface area contributed by atoms with Gasteiger partial charge in [0.05, 0.1) is 22.9 Å². The van der Waals surface area contributed by atoms with Crippen molar-refractivity contribution < 1.29 is 26.7 Å². The van der Waals surface area contributed by atoms with Crippen LogP contribution in [0.5, 0.6) is 0 Å². The molecule has 1 aliphatic carbocycles. The number of nitrogens with zero attached hydrogens (tertiary/aromatic N) is 2. The molecule has 2 fully saturated rings. The van der Waals surface area contributed by atoms with Gasteiger partial charge in [0, 0.05) is 31.7 Å². The lowest BCUT2D eigenvalue weighted by Crippen LogP contribution is -2.48. The third-order valence-corrected chi connectivity index (χ3v) is 11.8. The zero-order valence-corrected chi connectivity index (χ0v) is 23.3. The molecular weight excluding hydrogens is 524 g/mol. The zero-order chi connectivity index (χ0) is 27.2. The maximum absolute atomic E-state index is 13.6. The molecule has 8 nitrogen and oxygen atoms in total. The maximum Gasteiger partial charge on any atom is 0.253 e. The van der Waals surface area contributed by atoms with Gasteiger partial charge in [-0.15, -0.1) is 0 Å². The van der Waals surface area contributed by atoms with Gasteiger partial charge in [-0.2, -0.15) is 4.31 Å². The van der Waals surface area contributed by atoms with Gasteiger partial charge in [0.2, 0.25) is 10.0 Å². The van der Waals surface area contributed by atoms with E-state index in [2.05, 4.69) is 0 Å². The highest BCUT2D eigenvalue weighted by Gasteiger charge is 2.42. The van der Waals surface area contributed by atoms with E-state index in [1.165, 1.54) is 4.31 Å². The van der Waals surface area contributed by atoms with Crippen molar-refractivity contribution in [2.75, 3.05) is 37.7 Å². The number of benzene rings is 2. The Morgan fingerprint density at radius 2 is 1.58 bits per heavy atom. The minimum atomic E-state index is -3.93. The van der Waals surface area contributed by atoms with Gasteiger partial charge in [-0.05, 0) is 49.3 Å². The van der Waals surface area contributed by atoms with Crippen LogP contribution in [0.3, 0.4) is 0 Å². The molecule has 1 aliphatic heterocycles. The normalized spacial score (nSPS) is 20.5. The molecule has 1 saturated heterocycles. The molecule has 1 unspecified atom stereocenters. The van der Waals surface area contributed by atoms with E-state index in [1.54, 1.807) is 29.2 Å². The van der Waals surface area contributed by atoms with E-state index < -0.39 is 31.2 Å². The lowest BCUT2D eigenvalue weighted by atomic mass is 10.1. The first kappa shape index (κ1) is 28.7. The summed E-state index contributed by atoms with van der Waals surface area (Å²) in [6.45, 7) is 0.442. The molecule has 4 rings (SSSR count). The number of carbonyl (C=O) groups is 1. The van der Waals surface area contributed by atoms with Gasteiger partial charge >= 0.3 is 0 Å². The number of hydrogen-bond acceptors (Lipinski definition) is 6. The molecule has 2 aliphatic rings. The number of carbonyl (C=O) groups excluding carboxylic acids is 1. The quantitative estimate of drug-likeness (QED) is 0.426. The molecule has 0 radical (unpaired) electrons. The lowest BCUT2D eigenvalue weighted by molar-refractivity contribution is 0.0584. The molecule has 208 valence electrons. The van der Waals surface area contributed by atoms with Gasteiger partial charge in [0.1, 0.15) is 0 Å². The van der Waals surface area contributed by atoms with E-state index in [-0.39, 0.29) is 49.4 Å². The zero-order valence-electron chi connectivity index (χ0n) is 21.7. The molecule has 2 aromatic rings. The van der Waals surface area contributed by atoms with Crippen molar-refractivity contribution in [3.63, 3.8) is 0 Å². The number of aliphatic hydroxyl groups is 1. The summed E-state index contributed by atoms with van der Waals surface area (Å²) in [5, 5.41) is 10.2. The van der Waals surface area contributed by atoms with Crippen LogP contribution >= 0.6 is 0 Å². The average Bonchev–Trinajstić information content (AvgIpc) is 3.56. The van der Waals surface area contributed by atoms with Crippen molar-refractivity contribution >= 4 is 25.8 Å². The van der Waals surface area contributed by atoms with E-state index in [0.29, 0.717) is 18.5 Å². The van der Waals surface area contributed by atoms with Crippen molar-refractivity contribution in [1.82, 2.24) is 9.21 Å². The Bertz CT molecular complexity index is 1260. The maximum atomic E-state index is 13.6. The first-order valence-electron chi connectivity index (χ1n) is 13.4. The predicted octanol–water partition coefficient (Wildman–Crippen LogP) is 2.74. The molecule has 0 bridgehead atoms. The topological polar surface area (TPSA) is 112 Å². The summed E-state index contributed by atoms with van der Waals surface area (Å²) in [5.74, 6) is -0.541. The van der Waals surface area contributed by atoms with Crippen LogP contribution in [0.2, 0.25) is 0 Å². The Labute approximate surface area is 226 Å². The minimum absolute atomic E-state index is 0.0276. The Hall–Kier alpha value is -2.27. The molecule has 1 heterocycles. The van der Waals surface area contributed by atoms with Gasteiger partial charge in [-0.3, -0.25) is 4.79 Å². The van der Waals surface area contributed by atoms with Crippen molar-refractivity contribution in [2.24, 2.45) is 5.92 Å². The summed E-state index contributed by atoms with van der Waals surface area (Å²) in [5.41, 5.74) is 1.56. The summed E-state index contributed by atoms with van der Waals surface area (Å²) in [6, 6.07) is 18.6. The van der Waals surface area contributed by atoms with Crippen molar-refractivity contribution in [3.05, 3.63) is 71.8 Å². The largest absolute Gasteiger partial charge is 0.390 e.